The molecule has 2 heteroatoms. The Kier molecular flexibility index (Phi) is 8.40. The highest BCUT2D eigenvalue weighted by molar-refractivity contribution is 5.67. The molecule has 0 aromatic heterocycles. The van der Waals surface area contributed by atoms with Crippen molar-refractivity contribution in [3.05, 3.63) is 0 Å². The third-order valence-electron chi connectivity index (χ3n) is 1.98. The summed E-state index contributed by atoms with van der Waals surface area (Å²) < 4.78 is 11.7. The molecule has 0 aliphatic heterocycles. The van der Waals surface area contributed by atoms with Crippen LogP contribution in [0.3, 0.4) is 0 Å². The molecule has 0 aliphatic carbocycles. The van der Waals surface area contributed by atoms with E-state index in [-0.39, 0.29) is 6.42 Å². The van der Waals surface area contributed by atoms with E-state index < -0.39 is 6.04 Å². The maximum Gasteiger partial charge on any atom is 0.301 e. The van der Waals surface area contributed by atoms with Gasteiger partial charge in [0, 0.05) is 6.42 Å². The van der Waals surface area contributed by atoms with Gasteiger partial charge >= 0.3 is 6.04 Å². The van der Waals surface area contributed by atoms with Crippen molar-refractivity contribution in [1.29, 1.82) is 0 Å². The molecule has 0 rings (SSSR count). The van der Waals surface area contributed by atoms with Gasteiger partial charge in [0.25, 0.3) is 0 Å². The molecule has 72 valence electrons. The van der Waals surface area contributed by atoms with Gasteiger partial charge in [0.05, 0.1) is 0 Å². The van der Waals surface area contributed by atoms with Gasteiger partial charge in [-0.25, -0.2) is 0 Å². The molecule has 12 heavy (non-hydrogen) atoms. The summed E-state index contributed by atoms with van der Waals surface area (Å²) in [6.45, 7) is 2.18. The van der Waals surface area contributed by atoms with Crippen molar-refractivity contribution >= 4 is 6.04 Å². The molecule has 0 heterocycles. The van der Waals surface area contributed by atoms with E-state index in [0.29, 0.717) is 0 Å². The zero-order valence-electron chi connectivity index (χ0n) is 7.94. The maximum atomic E-state index is 11.7. The van der Waals surface area contributed by atoms with Gasteiger partial charge in [-0.15, -0.1) is 0 Å². The molecule has 0 atom stereocenters. The monoisotopic (exact) mass is 174 g/mol. The van der Waals surface area contributed by atoms with Gasteiger partial charge in [-0.05, 0) is 6.42 Å². The topological polar surface area (TPSA) is 17.1 Å². The molecular formula is C10H19FO. The summed E-state index contributed by atoms with van der Waals surface area (Å²) in [7, 11) is 0. The summed E-state index contributed by atoms with van der Waals surface area (Å²) in [6, 6.07) is -1.16. The summed E-state index contributed by atoms with van der Waals surface area (Å²) in [6.07, 6.45) is 8.04. The van der Waals surface area contributed by atoms with E-state index in [2.05, 4.69) is 6.92 Å². The third kappa shape index (κ3) is 9.60. The van der Waals surface area contributed by atoms with E-state index >= 15 is 0 Å². The molecule has 0 saturated heterocycles. The second-order valence-corrected chi connectivity index (χ2v) is 3.23. The lowest BCUT2D eigenvalue weighted by Gasteiger charge is -1.98. The van der Waals surface area contributed by atoms with Gasteiger partial charge in [-0.2, -0.15) is 4.39 Å². The minimum atomic E-state index is -1.16. The molecule has 0 amide bonds. The first kappa shape index (κ1) is 11.6. The Hall–Kier alpha value is -0.400. The summed E-state index contributed by atoms with van der Waals surface area (Å²) in [5.41, 5.74) is 0. The Balaban J connectivity index is 2.86. The van der Waals surface area contributed by atoms with Crippen LogP contribution in [0.1, 0.15) is 58.3 Å². The van der Waals surface area contributed by atoms with E-state index in [1.807, 2.05) is 0 Å². The number of carbonyl (C=O) groups is 1. The van der Waals surface area contributed by atoms with Crippen molar-refractivity contribution in [3.63, 3.8) is 0 Å². The van der Waals surface area contributed by atoms with E-state index in [4.69, 9.17) is 0 Å². The van der Waals surface area contributed by atoms with Crippen LogP contribution in [0.15, 0.2) is 0 Å². The van der Waals surface area contributed by atoms with Crippen LogP contribution < -0.4 is 0 Å². The smallest absolute Gasteiger partial charge is 0.261 e. The predicted octanol–water partition coefficient (Wildman–Crippen LogP) is 3.62. The number of rotatable bonds is 8. The second kappa shape index (κ2) is 8.69. The lowest BCUT2D eigenvalue weighted by atomic mass is 10.1. The molecule has 1 nitrogen and oxygen atoms in total. The average Bonchev–Trinajstić information content (AvgIpc) is 2.02. The van der Waals surface area contributed by atoms with Crippen LogP contribution in [0.2, 0.25) is 0 Å². The Morgan fingerprint density at radius 2 is 1.50 bits per heavy atom. The highest BCUT2D eigenvalue weighted by Crippen LogP contribution is 2.08. The van der Waals surface area contributed by atoms with Crippen molar-refractivity contribution in [3.8, 4) is 0 Å². The molecule has 0 aliphatic rings. The summed E-state index contributed by atoms with van der Waals surface area (Å²) in [4.78, 5) is 9.91. The molecule has 0 radical (unpaired) electrons. The molecule has 0 N–H and O–H groups in total. The van der Waals surface area contributed by atoms with Crippen LogP contribution >= 0.6 is 0 Å². The molecule has 0 fully saturated rings. The fraction of sp³-hybridized carbons (Fsp3) is 0.900. The van der Waals surface area contributed by atoms with Gasteiger partial charge in [-0.3, -0.25) is 4.79 Å². The highest BCUT2D eigenvalue weighted by atomic mass is 19.1. The van der Waals surface area contributed by atoms with Crippen LogP contribution in [-0.2, 0) is 4.79 Å². The van der Waals surface area contributed by atoms with Gasteiger partial charge in [-0.1, -0.05) is 45.4 Å². The number of unbranched alkanes of at least 4 members (excludes halogenated alkanes) is 6. The molecule has 0 saturated carbocycles. The predicted molar refractivity (Wildman–Crippen MR) is 48.7 cm³/mol. The van der Waals surface area contributed by atoms with Gasteiger partial charge < -0.3 is 0 Å². The van der Waals surface area contributed by atoms with Gasteiger partial charge in [0.15, 0.2) is 0 Å². The summed E-state index contributed by atoms with van der Waals surface area (Å²) in [5.74, 6) is 0. The Morgan fingerprint density at radius 1 is 1.00 bits per heavy atom. The summed E-state index contributed by atoms with van der Waals surface area (Å²) in [5, 5.41) is 0. The first-order valence-corrected chi connectivity index (χ1v) is 4.95. The third-order valence-corrected chi connectivity index (χ3v) is 1.98. The minimum absolute atomic E-state index is 0.119. The lowest BCUT2D eigenvalue weighted by molar-refractivity contribution is -0.129. The SMILES string of the molecule is CCCCCCCCCC(=O)F. The Bertz CT molecular complexity index is 112. The van der Waals surface area contributed by atoms with Crippen molar-refractivity contribution < 1.29 is 9.18 Å². The van der Waals surface area contributed by atoms with Crippen LogP contribution in [0.25, 0.3) is 0 Å². The van der Waals surface area contributed by atoms with Crippen LogP contribution in [-0.4, -0.2) is 6.04 Å². The minimum Gasteiger partial charge on any atom is -0.261 e. The van der Waals surface area contributed by atoms with Crippen LogP contribution in [0.5, 0.6) is 0 Å². The standard InChI is InChI=1S/C10H19FO/c1-2-3-4-5-6-7-8-9-10(11)12/h2-9H2,1H3. The summed E-state index contributed by atoms with van der Waals surface area (Å²) >= 11 is 0. The van der Waals surface area contributed by atoms with E-state index in [0.717, 1.165) is 19.3 Å². The van der Waals surface area contributed by atoms with Crippen molar-refractivity contribution in [1.82, 2.24) is 0 Å². The normalized spacial score (nSPS) is 10.2. The Labute approximate surface area is 74.4 Å². The number of hydrogen-bond acceptors (Lipinski definition) is 1. The highest BCUT2D eigenvalue weighted by Gasteiger charge is 1.96. The average molecular weight is 174 g/mol. The van der Waals surface area contributed by atoms with Crippen molar-refractivity contribution in [2.45, 2.75) is 58.3 Å². The molecule has 0 aromatic rings. The van der Waals surface area contributed by atoms with Gasteiger partial charge in [0.2, 0.25) is 0 Å². The number of hydrogen-bond donors (Lipinski definition) is 0. The largest absolute Gasteiger partial charge is 0.301 e. The van der Waals surface area contributed by atoms with E-state index in [1.165, 1.54) is 25.7 Å². The molecule has 0 aromatic carbocycles. The first-order valence-electron chi connectivity index (χ1n) is 4.95. The zero-order chi connectivity index (χ0) is 9.23. The number of carbonyl (C=O) groups excluding carboxylic acids is 1. The fourth-order valence-corrected chi connectivity index (χ4v) is 1.22. The van der Waals surface area contributed by atoms with Crippen LogP contribution in [0.4, 0.5) is 4.39 Å². The van der Waals surface area contributed by atoms with Crippen molar-refractivity contribution in [2.75, 3.05) is 0 Å². The zero-order valence-corrected chi connectivity index (χ0v) is 7.94. The second-order valence-electron chi connectivity index (χ2n) is 3.23. The quantitative estimate of drug-likeness (QED) is 0.405. The molecule has 0 spiro atoms. The molecule has 0 unspecified atom stereocenters. The maximum absolute atomic E-state index is 11.7. The van der Waals surface area contributed by atoms with Crippen LogP contribution in [0, 0.1) is 0 Å². The Morgan fingerprint density at radius 3 is 2.00 bits per heavy atom. The fourth-order valence-electron chi connectivity index (χ4n) is 1.22. The molecular weight excluding hydrogens is 155 g/mol. The number of halogens is 1. The van der Waals surface area contributed by atoms with Crippen molar-refractivity contribution in [2.24, 2.45) is 0 Å². The van der Waals surface area contributed by atoms with Gasteiger partial charge in [0.1, 0.15) is 0 Å². The van der Waals surface area contributed by atoms with E-state index in [9.17, 15) is 9.18 Å². The molecule has 0 bridgehead atoms. The lowest BCUT2D eigenvalue weighted by Crippen LogP contribution is -1.87. The van der Waals surface area contributed by atoms with E-state index in [1.54, 1.807) is 0 Å². The first-order chi connectivity index (χ1) is 5.77.